The third-order valence-electron chi connectivity index (χ3n) is 2.76. The molecule has 2 heteroatoms. The van der Waals surface area contributed by atoms with Gasteiger partial charge < -0.3 is 10.2 Å². The van der Waals surface area contributed by atoms with Gasteiger partial charge in [-0.05, 0) is 71.4 Å². The van der Waals surface area contributed by atoms with Crippen molar-refractivity contribution in [2.45, 2.75) is 39.7 Å². The van der Waals surface area contributed by atoms with E-state index in [2.05, 4.69) is 63.3 Å². The van der Waals surface area contributed by atoms with E-state index in [1.165, 1.54) is 23.2 Å². The van der Waals surface area contributed by atoms with E-state index in [-0.39, 0.29) is 0 Å². The molecule has 0 saturated heterocycles. The highest BCUT2D eigenvalue weighted by molar-refractivity contribution is 5.53. The molecule has 0 aliphatic heterocycles. The maximum atomic E-state index is 3.54. The maximum Gasteiger partial charge on any atom is 0.0377 e. The smallest absolute Gasteiger partial charge is 0.0377 e. The minimum Gasteiger partial charge on any atom is -0.383 e. The van der Waals surface area contributed by atoms with Crippen molar-refractivity contribution in [3.63, 3.8) is 0 Å². The highest BCUT2D eigenvalue weighted by Crippen LogP contribution is 2.20. The second-order valence-corrected chi connectivity index (χ2v) is 5.37. The molecule has 1 aromatic carbocycles. The molecule has 0 unspecified atom stereocenters. The molecule has 1 N–H and O–H groups in total. The van der Waals surface area contributed by atoms with Gasteiger partial charge in [0.2, 0.25) is 0 Å². The zero-order chi connectivity index (χ0) is 12.8. The summed E-state index contributed by atoms with van der Waals surface area (Å²) in [4.78, 5) is 2.24. The minimum atomic E-state index is 0.490. The Bertz CT molecular complexity index is 343. The second kappa shape index (κ2) is 6.65. The third kappa shape index (κ3) is 5.22. The quantitative estimate of drug-likeness (QED) is 0.812. The summed E-state index contributed by atoms with van der Waals surface area (Å²) in [6.45, 7) is 7.67. The van der Waals surface area contributed by atoms with E-state index < -0.39 is 0 Å². The SMILES string of the molecule is Cc1ccc(CCCN(C)C)c(NC(C)C)c1. The zero-order valence-electron chi connectivity index (χ0n) is 11.9. The Hall–Kier alpha value is -1.02. The van der Waals surface area contributed by atoms with E-state index in [4.69, 9.17) is 0 Å². The molecule has 0 spiro atoms. The molecule has 1 rings (SSSR count). The van der Waals surface area contributed by atoms with Crippen LogP contribution in [0.25, 0.3) is 0 Å². The number of nitrogens with zero attached hydrogens (tertiary/aromatic N) is 1. The summed E-state index contributed by atoms with van der Waals surface area (Å²) >= 11 is 0. The van der Waals surface area contributed by atoms with Crippen LogP contribution >= 0.6 is 0 Å². The lowest BCUT2D eigenvalue weighted by Crippen LogP contribution is -2.15. The average Bonchev–Trinajstić information content (AvgIpc) is 2.20. The van der Waals surface area contributed by atoms with Gasteiger partial charge in [0.15, 0.2) is 0 Å². The number of benzene rings is 1. The lowest BCUT2D eigenvalue weighted by Gasteiger charge is -2.16. The normalized spacial score (nSPS) is 11.2. The van der Waals surface area contributed by atoms with Crippen LogP contribution in [0, 0.1) is 6.92 Å². The molecule has 0 radical (unpaired) electrons. The molecule has 0 atom stereocenters. The van der Waals surface area contributed by atoms with Gasteiger partial charge in [0.1, 0.15) is 0 Å². The predicted octanol–water partition coefficient (Wildman–Crippen LogP) is 3.31. The first-order valence-electron chi connectivity index (χ1n) is 6.50. The van der Waals surface area contributed by atoms with E-state index >= 15 is 0 Å². The molecule has 0 amide bonds. The number of hydrogen-bond donors (Lipinski definition) is 1. The first-order chi connectivity index (χ1) is 7.99. The standard InChI is InChI=1S/C15H26N2/c1-12(2)16-15-11-13(3)8-9-14(15)7-6-10-17(4)5/h8-9,11-12,16H,6-7,10H2,1-5H3. The van der Waals surface area contributed by atoms with Crippen molar-refractivity contribution in [1.82, 2.24) is 4.90 Å². The predicted molar refractivity (Wildman–Crippen MR) is 76.8 cm³/mol. The molecule has 0 aliphatic carbocycles. The molecule has 1 aromatic rings. The van der Waals surface area contributed by atoms with E-state index in [1.54, 1.807) is 0 Å². The van der Waals surface area contributed by atoms with E-state index in [1.807, 2.05) is 0 Å². The summed E-state index contributed by atoms with van der Waals surface area (Å²) in [6, 6.07) is 7.21. The highest BCUT2D eigenvalue weighted by atomic mass is 15.0. The van der Waals surface area contributed by atoms with Crippen LogP contribution < -0.4 is 5.32 Å². The minimum absolute atomic E-state index is 0.490. The zero-order valence-corrected chi connectivity index (χ0v) is 11.9. The van der Waals surface area contributed by atoms with Crippen LogP contribution in [0.1, 0.15) is 31.4 Å². The van der Waals surface area contributed by atoms with Crippen LogP contribution in [0.3, 0.4) is 0 Å². The van der Waals surface area contributed by atoms with Gasteiger partial charge in [-0.15, -0.1) is 0 Å². The maximum absolute atomic E-state index is 3.54. The van der Waals surface area contributed by atoms with E-state index in [0.29, 0.717) is 6.04 Å². The second-order valence-electron chi connectivity index (χ2n) is 5.37. The van der Waals surface area contributed by atoms with Crippen molar-refractivity contribution >= 4 is 5.69 Å². The summed E-state index contributed by atoms with van der Waals surface area (Å²) in [7, 11) is 4.25. The van der Waals surface area contributed by atoms with Crippen molar-refractivity contribution in [2.24, 2.45) is 0 Å². The van der Waals surface area contributed by atoms with Crippen molar-refractivity contribution in [3.8, 4) is 0 Å². The summed E-state index contributed by atoms with van der Waals surface area (Å²) in [5.74, 6) is 0. The van der Waals surface area contributed by atoms with Gasteiger partial charge in [0, 0.05) is 11.7 Å². The Morgan fingerprint density at radius 2 is 1.94 bits per heavy atom. The van der Waals surface area contributed by atoms with Crippen LogP contribution in [0.5, 0.6) is 0 Å². The first kappa shape index (κ1) is 14.0. The molecule has 17 heavy (non-hydrogen) atoms. The van der Waals surface area contributed by atoms with Crippen LogP contribution in [-0.4, -0.2) is 31.6 Å². The third-order valence-corrected chi connectivity index (χ3v) is 2.76. The van der Waals surface area contributed by atoms with Crippen molar-refractivity contribution in [2.75, 3.05) is 26.0 Å². The molecular formula is C15H26N2. The van der Waals surface area contributed by atoms with Crippen molar-refractivity contribution in [1.29, 1.82) is 0 Å². The van der Waals surface area contributed by atoms with Gasteiger partial charge >= 0.3 is 0 Å². The van der Waals surface area contributed by atoms with Gasteiger partial charge in [-0.1, -0.05) is 12.1 Å². The lowest BCUT2D eigenvalue weighted by molar-refractivity contribution is 0.400. The average molecular weight is 234 g/mol. The van der Waals surface area contributed by atoms with E-state index in [9.17, 15) is 0 Å². The Morgan fingerprint density at radius 1 is 1.24 bits per heavy atom. The van der Waals surface area contributed by atoms with E-state index in [0.717, 1.165) is 13.0 Å². The summed E-state index contributed by atoms with van der Waals surface area (Å²) in [5, 5.41) is 3.54. The topological polar surface area (TPSA) is 15.3 Å². The van der Waals surface area contributed by atoms with Gasteiger partial charge in [-0.3, -0.25) is 0 Å². The van der Waals surface area contributed by atoms with Gasteiger partial charge in [0.05, 0.1) is 0 Å². The summed E-state index contributed by atoms with van der Waals surface area (Å²) in [6.07, 6.45) is 2.36. The monoisotopic (exact) mass is 234 g/mol. The molecule has 0 aromatic heterocycles. The molecule has 0 saturated carbocycles. The molecule has 2 nitrogen and oxygen atoms in total. The molecule has 0 heterocycles. The highest BCUT2D eigenvalue weighted by Gasteiger charge is 2.04. The van der Waals surface area contributed by atoms with Crippen LogP contribution in [0.15, 0.2) is 18.2 Å². The Kier molecular flexibility index (Phi) is 5.49. The van der Waals surface area contributed by atoms with Crippen LogP contribution in [0.4, 0.5) is 5.69 Å². The molecule has 0 bridgehead atoms. The van der Waals surface area contributed by atoms with Crippen LogP contribution in [-0.2, 0) is 6.42 Å². The van der Waals surface area contributed by atoms with Crippen molar-refractivity contribution in [3.05, 3.63) is 29.3 Å². The van der Waals surface area contributed by atoms with Gasteiger partial charge in [0.25, 0.3) is 0 Å². The Labute approximate surface area is 106 Å². The fraction of sp³-hybridized carbons (Fsp3) is 0.600. The Balaban J connectivity index is 2.68. The molecule has 0 fully saturated rings. The number of aryl methyl sites for hydroxylation is 2. The summed E-state index contributed by atoms with van der Waals surface area (Å²) < 4.78 is 0. The van der Waals surface area contributed by atoms with Gasteiger partial charge in [-0.25, -0.2) is 0 Å². The molecule has 96 valence electrons. The number of rotatable bonds is 6. The number of hydrogen-bond acceptors (Lipinski definition) is 2. The van der Waals surface area contributed by atoms with Crippen LogP contribution in [0.2, 0.25) is 0 Å². The molecule has 0 aliphatic rings. The number of nitrogens with one attached hydrogen (secondary N) is 1. The number of anilines is 1. The lowest BCUT2D eigenvalue weighted by atomic mass is 10.0. The first-order valence-corrected chi connectivity index (χ1v) is 6.50. The Morgan fingerprint density at radius 3 is 2.53 bits per heavy atom. The largest absolute Gasteiger partial charge is 0.383 e. The van der Waals surface area contributed by atoms with Gasteiger partial charge in [-0.2, -0.15) is 0 Å². The molecular weight excluding hydrogens is 208 g/mol. The fourth-order valence-corrected chi connectivity index (χ4v) is 1.94. The van der Waals surface area contributed by atoms with Crippen molar-refractivity contribution < 1.29 is 0 Å². The fourth-order valence-electron chi connectivity index (χ4n) is 1.94. The summed E-state index contributed by atoms with van der Waals surface area (Å²) in [5.41, 5.74) is 4.06.